The van der Waals surface area contributed by atoms with E-state index in [9.17, 15) is 13.2 Å². The van der Waals surface area contributed by atoms with Crippen LogP contribution in [0, 0.1) is 6.92 Å². The third-order valence-electron chi connectivity index (χ3n) is 6.89. The number of carbonyl (C=O) groups excluding carboxylic acids is 1. The summed E-state index contributed by atoms with van der Waals surface area (Å²) in [5.41, 5.74) is 2.61. The fraction of sp³-hybridized carbons (Fsp3) is 0.424. The van der Waals surface area contributed by atoms with Gasteiger partial charge in [0.05, 0.1) is 18.1 Å². The highest BCUT2D eigenvalue weighted by Crippen LogP contribution is 2.26. The van der Waals surface area contributed by atoms with Crippen molar-refractivity contribution in [2.45, 2.75) is 81.9 Å². The van der Waals surface area contributed by atoms with Gasteiger partial charge in [-0.1, -0.05) is 130 Å². The van der Waals surface area contributed by atoms with E-state index in [0.717, 1.165) is 56.1 Å². The molecule has 3 rings (SSSR count). The zero-order chi connectivity index (χ0) is 27.8. The molecule has 6 heteroatoms. The molecule has 3 aromatic rings. The first-order chi connectivity index (χ1) is 19.0. The highest BCUT2D eigenvalue weighted by Gasteiger charge is 2.23. The van der Waals surface area contributed by atoms with E-state index in [1.54, 1.807) is 25.1 Å². The Hall–Kier alpha value is -2.96. The van der Waals surface area contributed by atoms with Gasteiger partial charge in [-0.05, 0) is 42.5 Å². The summed E-state index contributed by atoms with van der Waals surface area (Å²) in [6.07, 6.45) is 10.6. The van der Waals surface area contributed by atoms with Gasteiger partial charge in [0.25, 0.3) is 10.1 Å². The molecule has 0 aliphatic heterocycles. The molecule has 0 aliphatic carbocycles. The summed E-state index contributed by atoms with van der Waals surface area (Å²) in [5.74, 6) is -0.581. The number of ether oxygens (including phenoxy) is 1. The lowest BCUT2D eigenvalue weighted by molar-refractivity contribution is -0.144. The lowest BCUT2D eigenvalue weighted by atomic mass is 9.91. The maximum atomic E-state index is 12.9. The van der Waals surface area contributed by atoms with Gasteiger partial charge in [0.2, 0.25) is 0 Å². The van der Waals surface area contributed by atoms with Crippen molar-refractivity contribution in [2.24, 2.45) is 0 Å². The number of hydrogen-bond donors (Lipinski definition) is 0. The Morgan fingerprint density at radius 3 is 1.56 bits per heavy atom. The fourth-order valence-electron chi connectivity index (χ4n) is 4.70. The van der Waals surface area contributed by atoms with E-state index in [-0.39, 0.29) is 17.5 Å². The zero-order valence-corrected chi connectivity index (χ0v) is 23.9. The maximum Gasteiger partial charge on any atom is 0.317 e. The number of hydrogen-bond acceptors (Lipinski definition) is 5. The van der Waals surface area contributed by atoms with Crippen molar-refractivity contribution in [1.82, 2.24) is 0 Å². The Morgan fingerprint density at radius 2 is 1.05 bits per heavy atom. The Labute approximate surface area is 234 Å². The summed E-state index contributed by atoms with van der Waals surface area (Å²) in [7, 11) is -3.67. The number of unbranched alkanes of at least 4 members (excludes halogenated alkanes) is 9. The second-order valence-corrected chi connectivity index (χ2v) is 11.6. The van der Waals surface area contributed by atoms with Crippen LogP contribution in [0.15, 0.2) is 89.8 Å². The summed E-state index contributed by atoms with van der Waals surface area (Å²) < 4.78 is 35.4. The first-order valence-electron chi connectivity index (χ1n) is 14.2. The highest BCUT2D eigenvalue weighted by molar-refractivity contribution is 7.86. The van der Waals surface area contributed by atoms with Crippen LogP contribution in [0.4, 0.5) is 0 Å². The first-order valence-corrected chi connectivity index (χ1v) is 15.6. The van der Waals surface area contributed by atoms with E-state index in [2.05, 4.69) is 0 Å². The molecular formula is C33H42O5S. The Bertz CT molecular complexity index is 1170. The van der Waals surface area contributed by atoms with E-state index in [1.807, 2.05) is 66.7 Å². The molecule has 210 valence electrons. The molecule has 0 aliphatic rings. The molecule has 39 heavy (non-hydrogen) atoms. The SMILES string of the molecule is Cc1ccccc1S(=O)(=O)OCCCCCCCCCCCCOC(=O)C(c1ccccc1)c1ccccc1. The Balaban J connectivity index is 1.19. The lowest BCUT2D eigenvalue weighted by Gasteiger charge is -2.17. The quantitative estimate of drug-likeness (QED) is 0.0912. The van der Waals surface area contributed by atoms with Crippen molar-refractivity contribution < 1.29 is 22.1 Å². The molecule has 0 saturated carbocycles. The van der Waals surface area contributed by atoms with Crippen LogP contribution in [-0.2, 0) is 23.8 Å². The standard InChI is InChI=1S/C33H42O5S/c1-28-20-16-17-25-31(28)39(35,36)38-27-19-9-7-5-3-2-4-6-8-18-26-37-33(34)32(29-21-12-10-13-22-29)30-23-14-11-15-24-30/h10-17,20-25,32H,2-9,18-19,26-27H2,1H3. The van der Waals surface area contributed by atoms with Crippen LogP contribution in [0.2, 0.25) is 0 Å². The maximum absolute atomic E-state index is 12.9. The van der Waals surface area contributed by atoms with Crippen LogP contribution in [0.5, 0.6) is 0 Å². The van der Waals surface area contributed by atoms with Crippen LogP contribution in [0.1, 0.15) is 86.8 Å². The smallest absolute Gasteiger partial charge is 0.317 e. The third-order valence-corrected chi connectivity index (χ3v) is 8.36. The number of benzene rings is 3. The number of carbonyl (C=O) groups is 1. The van der Waals surface area contributed by atoms with E-state index in [1.165, 1.54) is 19.3 Å². The van der Waals surface area contributed by atoms with Gasteiger partial charge >= 0.3 is 5.97 Å². The topological polar surface area (TPSA) is 69.7 Å². The summed E-state index contributed by atoms with van der Waals surface area (Å²) >= 11 is 0. The monoisotopic (exact) mass is 550 g/mol. The summed E-state index contributed by atoms with van der Waals surface area (Å²) in [5, 5.41) is 0. The number of rotatable bonds is 18. The molecule has 0 saturated heterocycles. The van der Waals surface area contributed by atoms with Crippen molar-refractivity contribution in [3.8, 4) is 0 Å². The average molecular weight is 551 g/mol. The Morgan fingerprint density at radius 1 is 0.615 bits per heavy atom. The molecule has 0 fully saturated rings. The second-order valence-electron chi connectivity index (χ2n) is 10.00. The van der Waals surface area contributed by atoms with E-state index < -0.39 is 16.0 Å². The van der Waals surface area contributed by atoms with Crippen molar-refractivity contribution >= 4 is 16.1 Å². The molecule has 0 unspecified atom stereocenters. The van der Waals surface area contributed by atoms with Crippen LogP contribution in [0.3, 0.4) is 0 Å². The predicted octanol–water partition coefficient (Wildman–Crippen LogP) is 7.98. The lowest BCUT2D eigenvalue weighted by Crippen LogP contribution is -2.18. The zero-order valence-electron chi connectivity index (χ0n) is 23.1. The molecule has 0 N–H and O–H groups in total. The highest BCUT2D eigenvalue weighted by atomic mass is 32.2. The van der Waals surface area contributed by atoms with Gasteiger partial charge < -0.3 is 4.74 Å². The van der Waals surface area contributed by atoms with E-state index in [0.29, 0.717) is 12.2 Å². The second kappa shape index (κ2) is 16.9. The van der Waals surface area contributed by atoms with Gasteiger partial charge in [-0.2, -0.15) is 8.42 Å². The van der Waals surface area contributed by atoms with Crippen molar-refractivity contribution in [2.75, 3.05) is 13.2 Å². The van der Waals surface area contributed by atoms with Gasteiger partial charge in [0.1, 0.15) is 5.92 Å². The molecule has 5 nitrogen and oxygen atoms in total. The minimum atomic E-state index is -3.67. The minimum Gasteiger partial charge on any atom is -0.465 e. The fourth-order valence-corrected chi connectivity index (χ4v) is 5.87. The number of esters is 1. The van der Waals surface area contributed by atoms with Gasteiger partial charge in [-0.25, -0.2) is 0 Å². The summed E-state index contributed by atoms with van der Waals surface area (Å²) in [4.78, 5) is 13.2. The van der Waals surface area contributed by atoms with Gasteiger partial charge in [0, 0.05) is 0 Å². The molecule has 0 amide bonds. The molecule has 0 aromatic heterocycles. The van der Waals surface area contributed by atoms with Crippen LogP contribution in [-0.4, -0.2) is 27.6 Å². The molecular weight excluding hydrogens is 508 g/mol. The van der Waals surface area contributed by atoms with Gasteiger partial charge in [0.15, 0.2) is 0 Å². The largest absolute Gasteiger partial charge is 0.465 e. The third kappa shape index (κ3) is 10.6. The van der Waals surface area contributed by atoms with Crippen LogP contribution >= 0.6 is 0 Å². The molecule has 0 spiro atoms. The van der Waals surface area contributed by atoms with Crippen LogP contribution < -0.4 is 0 Å². The molecule has 0 atom stereocenters. The summed E-state index contributed by atoms with van der Waals surface area (Å²) in [6.45, 7) is 2.47. The average Bonchev–Trinajstić information content (AvgIpc) is 2.94. The predicted molar refractivity (Wildman–Crippen MR) is 156 cm³/mol. The van der Waals surface area contributed by atoms with Gasteiger partial charge in [-0.15, -0.1) is 0 Å². The normalized spacial score (nSPS) is 11.5. The number of aryl methyl sites for hydroxylation is 1. The molecule has 0 radical (unpaired) electrons. The van der Waals surface area contributed by atoms with E-state index in [4.69, 9.17) is 8.92 Å². The first kappa shape index (κ1) is 30.6. The minimum absolute atomic E-state index is 0.189. The molecule has 0 bridgehead atoms. The van der Waals surface area contributed by atoms with E-state index >= 15 is 0 Å². The summed E-state index contributed by atoms with van der Waals surface area (Å²) in [6, 6.07) is 26.5. The van der Waals surface area contributed by atoms with Crippen LogP contribution in [0.25, 0.3) is 0 Å². The molecule has 0 heterocycles. The van der Waals surface area contributed by atoms with Crippen molar-refractivity contribution in [1.29, 1.82) is 0 Å². The molecule has 3 aromatic carbocycles. The van der Waals surface area contributed by atoms with Crippen molar-refractivity contribution in [3.63, 3.8) is 0 Å². The van der Waals surface area contributed by atoms with Gasteiger partial charge in [-0.3, -0.25) is 8.98 Å². The van der Waals surface area contributed by atoms with Crippen molar-refractivity contribution in [3.05, 3.63) is 102 Å². The Kier molecular flexibility index (Phi) is 13.2.